The number of hydrogen-bond donors (Lipinski definition) is 1. The Morgan fingerprint density at radius 2 is 2.28 bits per heavy atom. The summed E-state index contributed by atoms with van der Waals surface area (Å²) in [6.07, 6.45) is 2.26. The SMILES string of the molecule is O=C1CCCN1CCCNc1cc(F)[c]cc1F. The second-order valence-electron chi connectivity index (χ2n) is 4.31. The van der Waals surface area contributed by atoms with Gasteiger partial charge in [-0.05, 0) is 18.9 Å². The van der Waals surface area contributed by atoms with Crippen molar-refractivity contribution in [3.05, 3.63) is 29.8 Å². The highest BCUT2D eigenvalue weighted by atomic mass is 19.1. The summed E-state index contributed by atoms with van der Waals surface area (Å²) in [6, 6.07) is 4.20. The standard InChI is InChI=1S/C13H15F2N2O/c14-10-4-5-11(15)12(9-10)16-6-2-8-17-7-1-3-13(17)18/h5,9,16H,1-3,6-8H2. The van der Waals surface area contributed by atoms with Gasteiger partial charge >= 0.3 is 0 Å². The number of carbonyl (C=O) groups is 1. The smallest absolute Gasteiger partial charge is 0.222 e. The summed E-state index contributed by atoms with van der Waals surface area (Å²) in [5.41, 5.74) is 0.138. The summed E-state index contributed by atoms with van der Waals surface area (Å²) >= 11 is 0. The third kappa shape index (κ3) is 3.18. The topological polar surface area (TPSA) is 32.3 Å². The van der Waals surface area contributed by atoms with Gasteiger partial charge in [0.25, 0.3) is 0 Å². The van der Waals surface area contributed by atoms with Gasteiger partial charge in [-0.25, -0.2) is 8.78 Å². The van der Waals surface area contributed by atoms with Crippen LogP contribution < -0.4 is 5.32 Å². The van der Waals surface area contributed by atoms with Crippen molar-refractivity contribution in [3.8, 4) is 0 Å². The van der Waals surface area contributed by atoms with Crippen LogP contribution in [-0.2, 0) is 4.79 Å². The average Bonchev–Trinajstić information content (AvgIpc) is 2.75. The third-order valence-electron chi connectivity index (χ3n) is 2.96. The van der Waals surface area contributed by atoms with E-state index in [0.717, 1.165) is 25.1 Å². The molecule has 1 heterocycles. The van der Waals surface area contributed by atoms with Crippen LogP contribution in [-0.4, -0.2) is 30.4 Å². The minimum absolute atomic E-state index is 0.138. The van der Waals surface area contributed by atoms with Gasteiger partial charge in [0, 0.05) is 38.2 Å². The van der Waals surface area contributed by atoms with Crippen LogP contribution in [0, 0.1) is 17.7 Å². The lowest BCUT2D eigenvalue weighted by molar-refractivity contribution is -0.127. The predicted octanol–water partition coefficient (Wildman–Crippen LogP) is 2.19. The molecule has 5 heteroatoms. The zero-order chi connectivity index (χ0) is 13.0. The highest BCUT2D eigenvalue weighted by Crippen LogP contribution is 2.15. The van der Waals surface area contributed by atoms with Crippen LogP contribution in [0.15, 0.2) is 12.1 Å². The van der Waals surface area contributed by atoms with Crippen LogP contribution in [0.4, 0.5) is 14.5 Å². The summed E-state index contributed by atoms with van der Waals surface area (Å²) in [4.78, 5) is 13.1. The van der Waals surface area contributed by atoms with Crippen molar-refractivity contribution >= 4 is 11.6 Å². The van der Waals surface area contributed by atoms with E-state index in [1.54, 1.807) is 4.90 Å². The number of rotatable bonds is 5. The number of nitrogens with zero attached hydrogens (tertiary/aromatic N) is 1. The maximum absolute atomic E-state index is 13.2. The first-order valence-electron chi connectivity index (χ1n) is 6.05. The van der Waals surface area contributed by atoms with E-state index in [4.69, 9.17) is 0 Å². The van der Waals surface area contributed by atoms with Crippen molar-refractivity contribution in [1.82, 2.24) is 4.90 Å². The van der Waals surface area contributed by atoms with E-state index in [-0.39, 0.29) is 11.6 Å². The van der Waals surface area contributed by atoms with Crippen molar-refractivity contribution in [1.29, 1.82) is 0 Å². The highest BCUT2D eigenvalue weighted by molar-refractivity contribution is 5.77. The third-order valence-corrected chi connectivity index (χ3v) is 2.96. The summed E-state index contributed by atoms with van der Waals surface area (Å²) in [7, 11) is 0. The maximum Gasteiger partial charge on any atom is 0.222 e. The fraction of sp³-hybridized carbons (Fsp3) is 0.462. The second kappa shape index (κ2) is 5.80. The first kappa shape index (κ1) is 12.8. The summed E-state index contributed by atoms with van der Waals surface area (Å²) in [5, 5.41) is 2.82. The minimum atomic E-state index is -0.589. The quantitative estimate of drug-likeness (QED) is 0.816. The first-order chi connectivity index (χ1) is 8.66. The van der Waals surface area contributed by atoms with Crippen LogP contribution in [0.2, 0.25) is 0 Å². The Bertz CT molecular complexity index is 437. The molecule has 1 N–H and O–H groups in total. The van der Waals surface area contributed by atoms with E-state index in [1.165, 1.54) is 0 Å². The molecule has 3 nitrogen and oxygen atoms in total. The molecule has 1 fully saturated rings. The molecule has 0 spiro atoms. The van der Waals surface area contributed by atoms with E-state index in [9.17, 15) is 13.6 Å². The molecule has 97 valence electrons. The summed E-state index contributed by atoms with van der Waals surface area (Å²) in [6.45, 7) is 1.97. The van der Waals surface area contributed by atoms with E-state index >= 15 is 0 Å². The number of halogens is 2. The Kier molecular flexibility index (Phi) is 4.12. The second-order valence-corrected chi connectivity index (χ2v) is 4.31. The van der Waals surface area contributed by atoms with Crippen molar-refractivity contribution in [2.75, 3.05) is 25.0 Å². The molecule has 1 radical (unpaired) electrons. The highest BCUT2D eigenvalue weighted by Gasteiger charge is 2.18. The van der Waals surface area contributed by atoms with Crippen LogP contribution in [0.1, 0.15) is 19.3 Å². The number of carbonyl (C=O) groups excluding carboxylic acids is 1. The average molecular weight is 253 g/mol. The lowest BCUT2D eigenvalue weighted by Gasteiger charge is -2.15. The van der Waals surface area contributed by atoms with Gasteiger partial charge < -0.3 is 10.2 Å². The largest absolute Gasteiger partial charge is 0.383 e. The number of hydrogen-bond acceptors (Lipinski definition) is 2. The van der Waals surface area contributed by atoms with Gasteiger partial charge in [0.15, 0.2) is 0 Å². The molecule has 0 saturated carbocycles. The van der Waals surface area contributed by atoms with Gasteiger partial charge in [-0.15, -0.1) is 0 Å². The number of nitrogens with one attached hydrogen (secondary N) is 1. The molecule has 0 unspecified atom stereocenters. The summed E-state index contributed by atoms with van der Waals surface area (Å²) in [5.74, 6) is -0.927. The van der Waals surface area contributed by atoms with Crippen LogP contribution in [0.5, 0.6) is 0 Å². The van der Waals surface area contributed by atoms with Gasteiger partial charge in [0.2, 0.25) is 5.91 Å². The molecule has 0 atom stereocenters. The number of benzene rings is 1. The Labute approximate surface area is 105 Å². The Morgan fingerprint density at radius 1 is 1.44 bits per heavy atom. The number of anilines is 1. The zero-order valence-corrected chi connectivity index (χ0v) is 10.0. The van der Waals surface area contributed by atoms with Gasteiger partial charge in [0.05, 0.1) is 5.69 Å². The molecule has 0 bridgehead atoms. The monoisotopic (exact) mass is 253 g/mol. The van der Waals surface area contributed by atoms with Crippen molar-refractivity contribution in [3.63, 3.8) is 0 Å². The van der Waals surface area contributed by atoms with E-state index in [0.29, 0.717) is 25.9 Å². The molecule has 1 aromatic rings. The Hall–Kier alpha value is -1.65. The van der Waals surface area contributed by atoms with E-state index in [1.807, 2.05) is 0 Å². The molecule has 1 aliphatic rings. The number of amides is 1. The van der Waals surface area contributed by atoms with E-state index < -0.39 is 11.6 Å². The molecule has 2 rings (SSSR count). The van der Waals surface area contributed by atoms with Gasteiger partial charge in [0.1, 0.15) is 11.6 Å². The summed E-state index contributed by atoms with van der Waals surface area (Å²) < 4.78 is 26.1. The molecular weight excluding hydrogens is 238 g/mol. The number of likely N-dealkylation sites (tertiary alicyclic amines) is 1. The fourth-order valence-corrected chi connectivity index (χ4v) is 2.02. The van der Waals surface area contributed by atoms with Gasteiger partial charge in [-0.3, -0.25) is 4.79 Å². The van der Waals surface area contributed by atoms with Crippen molar-refractivity contribution in [2.45, 2.75) is 19.3 Å². The lowest BCUT2D eigenvalue weighted by Crippen LogP contribution is -2.27. The van der Waals surface area contributed by atoms with Crippen molar-refractivity contribution in [2.24, 2.45) is 0 Å². The molecular formula is C13H15F2N2O. The molecule has 1 amide bonds. The predicted molar refractivity (Wildman–Crippen MR) is 64.1 cm³/mol. The first-order valence-corrected chi connectivity index (χ1v) is 6.05. The fourth-order valence-electron chi connectivity index (χ4n) is 2.02. The molecule has 1 aliphatic heterocycles. The normalized spacial score (nSPS) is 15.2. The minimum Gasteiger partial charge on any atom is -0.383 e. The van der Waals surface area contributed by atoms with E-state index in [2.05, 4.69) is 11.4 Å². The molecule has 0 aromatic heterocycles. The van der Waals surface area contributed by atoms with Gasteiger partial charge in [-0.1, -0.05) is 0 Å². The molecule has 18 heavy (non-hydrogen) atoms. The molecule has 1 aromatic carbocycles. The van der Waals surface area contributed by atoms with Crippen LogP contribution in [0.25, 0.3) is 0 Å². The zero-order valence-electron chi connectivity index (χ0n) is 10.0. The molecule has 0 aliphatic carbocycles. The van der Waals surface area contributed by atoms with Crippen LogP contribution in [0.3, 0.4) is 0 Å². The molecule has 1 saturated heterocycles. The van der Waals surface area contributed by atoms with Crippen LogP contribution >= 0.6 is 0 Å². The van der Waals surface area contributed by atoms with Gasteiger partial charge in [-0.2, -0.15) is 0 Å². The van der Waals surface area contributed by atoms with Crippen molar-refractivity contribution < 1.29 is 13.6 Å². The maximum atomic E-state index is 13.2. The lowest BCUT2D eigenvalue weighted by atomic mass is 10.3. The Morgan fingerprint density at radius 3 is 3.00 bits per heavy atom. The Balaban J connectivity index is 1.75.